The van der Waals surface area contributed by atoms with Crippen LogP contribution in [0.2, 0.25) is 0 Å². The van der Waals surface area contributed by atoms with E-state index in [0.29, 0.717) is 25.3 Å². The van der Waals surface area contributed by atoms with E-state index in [4.69, 9.17) is 9.84 Å². The Bertz CT molecular complexity index is 573. The Morgan fingerprint density at radius 1 is 1.48 bits per heavy atom. The lowest BCUT2D eigenvalue weighted by Crippen LogP contribution is -2.50. The number of hydrogen-bond acceptors (Lipinski definition) is 4. The Morgan fingerprint density at radius 3 is 3.00 bits per heavy atom. The minimum Gasteiger partial charge on any atom is -0.394 e. The molecule has 112 valence electrons. The Kier molecular flexibility index (Phi) is 5.34. The summed E-state index contributed by atoms with van der Waals surface area (Å²) < 4.78 is 5.29. The summed E-state index contributed by atoms with van der Waals surface area (Å²) in [5.41, 5.74) is 2.08. The van der Waals surface area contributed by atoms with Gasteiger partial charge in [-0.3, -0.25) is 4.79 Å². The van der Waals surface area contributed by atoms with Crippen LogP contribution in [0.3, 0.4) is 0 Å². The van der Waals surface area contributed by atoms with Gasteiger partial charge in [-0.15, -0.1) is 0 Å². The average Bonchev–Trinajstić information content (AvgIpc) is 2.53. The van der Waals surface area contributed by atoms with Gasteiger partial charge in [-0.2, -0.15) is 0 Å². The molecule has 0 aromatic heterocycles. The van der Waals surface area contributed by atoms with Crippen LogP contribution in [-0.4, -0.2) is 60.0 Å². The van der Waals surface area contributed by atoms with Crippen LogP contribution in [0.5, 0.6) is 0 Å². The fourth-order valence-electron chi connectivity index (χ4n) is 2.37. The van der Waals surface area contributed by atoms with Crippen molar-refractivity contribution >= 4 is 5.91 Å². The molecule has 1 aromatic carbocycles. The smallest absolute Gasteiger partial charge is 0.254 e. The van der Waals surface area contributed by atoms with Crippen molar-refractivity contribution < 1.29 is 19.7 Å². The third kappa shape index (κ3) is 3.42. The molecule has 1 unspecified atom stereocenters. The lowest BCUT2D eigenvalue weighted by Gasteiger charge is -2.34. The minimum absolute atomic E-state index is 0.116. The van der Waals surface area contributed by atoms with Gasteiger partial charge in [-0.1, -0.05) is 17.9 Å². The molecule has 21 heavy (non-hydrogen) atoms. The summed E-state index contributed by atoms with van der Waals surface area (Å²) in [5.74, 6) is 5.31. The van der Waals surface area contributed by atoms with E-state index >= 15 is 0 Å². The Hall–Kier alpha value is -1.87. The molecule has 0 bridgehead atoms. The van der Waals surface area contributed by atoms with Gasteiger partial charge in [0, 0.05) is 17.7 Å². The first-order chi connectivity index (χ1) is 10.2. The normalized spacial score (nSPS) is 18.0. The number of ether oxygens (including phenoxy) is 1. The lowest BCUT2D eigenvalue weighted by molar-refractivity contribution is -0.0184. The third-order valence-electron chi connectivity index (χ3n) is 3.57. The molecule has 1 fully saturated rings. The van der Waals surface area contributed by atoms with E-state index in [2.05, 4.69) is 11.8 Å². The van der Waals surface area contributed by atoms with Gasteiger partial charge in [0.25, 0.3) is 5.91 Å². The monoisotopic (exact) mass is 289 g/mol. The van der Waals surface area contributed by atoms with Gasteiger partial charge in [0.2, 0.25) is 0 Å². The molecule has 5 heteroatoms. The topological polar surface area (TPSA) is 70.0 Å². The Labute approximate surface area is 124 Å². The molecule has 0 saturated carbocycles. The third-order valence-corrected chi connectivity index (χ3v) is 3.57. The van der Waals surface area contributed by atoms with Gasteiger partial charge in [0.1, 0.15) is 6.61 Å². The van der Waals surface area contributed by atoms with Gasteiger partial charge < -0.3 is 19.8 Å². The van der Waals surface area contributed by atoms with Gasteiger partial charge in [-0.05, 0) is 24.6 Å². The Balaban J connectivity index is 2.30. The molecule has 2 N–H and O–H groups in total. The molecule has 0 radical (unpaired) electrons. The molecule has 1 aliphatic rings. The zero-order valence-electron chi connectivity index (χ0n) is 12.0. The Morgan fingerprint density at radius 2 is 2.29 bits per heavy atom. The molecular formula is C16H19NO4. The number of benzene rings is 1. The number of morpholine rings is 1. The van der Waals surface area contributed by atoms with E-state index in [1.807, 2.05) is 13.0 Å². The van der Waals surface area contributed by atoms with Gasteiger partial charge in [0.15, 0.2) is 0 Å². The fourth-order valence-corrected chi connectivity index (χ4v) is 2.37. The van der Waals surface area contributed by atoms with Crippen molar-refractivity contribution in [3.8, 4) is 11.8 Å². The van der Waals surface area contributed by atoms with Crippen molar-refractivity contribution in [3.63, 3.8) is 0 Å². The maximum Gasteiger partial charge on any atom is 0.254 e. The van der Waals surface area contributed by atoms with Crippen molar-refractivity contribution in [2.24, 2.45) is 0 Å². The van der Waals surface area contributed by atoms with E-state index in [1.165, 1.54) is 0 Å². The molecule has 5 nitrogen and oxygen atoms in total. The first-order valence-electron chi connectivity index (χ1n) is 6.88. The molecule has 1 heterocycles. The summed E-state index contributed by atoms with van der Waals surface area (Å²) in [5, 5.41) is 18.2. The summed E-state index contributed by atoms with van der Waals surface area (Å²) in [7, 11) is 0. The number of hydrogen-bond donors (Lipinski definition) is 2. The minimum atomic E-state index is -0.308. The first kappa shape index (κ1) is 15.5. The second-order valence-corrected chi connectivity index (χ2v) is 4.85. The van der Waals surface area contributed by atoms with Gasteiger partial charge >= 0.3 is 0 Å². The van der Waals surface area contributed by atoms with Gasteiger partial charge in [0.05, 0.1) is 25.9 Å². The van der Waals surface area contributed by atoms with Crippen molar-refractivity contribution in [3.05, 3.63) is 34.9 Å². The highest BCUT2D eigenvalue weighted by Crippen LogP contribution is 2.18. The van der Waals surface area contributed by atoms with Crippen LogP contribution >= 0.6 is 0 Å². The first-order valence-corrected chi connectivity index (χ1v) is 6.88. The quantitative estimate of drug-likeness (QED) is 0.762. The highest BCUT2D eigenvalue weighted by atomic mass is 16.5. The van der Waals surface area contributed by atoms with E-state index in [-0.39, 0.29) is 25.2 Å². The van der Waals surface area contributed by atoms with Gasteiger partial charge in [-0.25, -0.2) is 0 Å². The van der Waals surface area contributed by atoms with E-state index in [9.17, 15) is 9.90 Å². The van der Waals surface area contributed by atoms with Crippen molar-refractivity contribution in [2.45, 2.75) is 13.0 Å². The summed E-state index contributed by atoms with van der Waals surface area (Å²) >= 11 is 0. The molecule has 1 aromatic rings. The van der Waals surface area contributed by atoms with Crippen LogP contribution in [0.4, 0.5) is 0 Å². The van der Waals surface area contributed by atoms with E-state index in [1.54, 1.807) is 17.0 Å². The largest absolute Gasteiger partial charge is 0.394 e. The SMILES string of the molecule is Cc1c(C#CCO)cccc1C(=O)N1CCOCC1CO. The number of carbonyl (C=O) groups excluding carboxylic acids is 1. The zero-order valence-corrected chi connectivity index (χ0v) is 12.0. The predicted octanol–water partition coefficient (Wildman–Crippen LogP) is 0.172. The summed E-state index contributed by atoms with van der Waals surface area (Å²) in [6.07, 6.45) is 0. The fraction of sp³-hybridized carbons (Fsp3) is 0.438. The maximum atomic E-state index is 12.7. The highest BCUT2D eigenvalue weighted by Gasteiger charge is 2.28. The summed E-state index contributed by atoms with van der Waals surface area (Å²) in [4.78, 5) is 14.3. The highest BCUT2D eigenvalue weighted by molar-refractivity contribution is 5.96. The zero-order chi connectivity index (χ0) is 15.2. The molecular weight excluding hydrogens is 270 g/mol. The van der Waals surface area contributed by atoms with E-state index in [0.717, 1.165) is 11.1 Å². The number of aliphatic hydroxyl groups is 2. The van der Waals surface area contributed by atoms with Crippen molar-refractivity contribution in [1.82, 2.24) is 4.90 Å². The number of carbonyl (C=O) groups is 1. The average molecular weight is 289 g/mol. The number of aliphatic hydroxyl groups excluding tert-OH is 2. The second-order valence-electron chi connectivity index (χ2n) is 4.85. The van der Waals surface area contributed by atoms with E-state index < -0.39 is 0 Å². The van der Waals surface area contributed by atoms with Crippen LogP contribution in [0, 0.1) is 18.8 Å². The van der Waals surface area contributed by atoms with Crippen LogP contribution < -0.4 is 0 Å². The van der Waals surface area contributed by atoms with Crippen molar-refractivity contribution in [1.29, 1.82) is 0 Å². The molecule has 0 aliphatic carbocycles. The maximum absolute atomic E-state index is 12.7. The standard InChI is InChI=1S/C16H19NO4/c1-12-13(5-3-8-18)4-2-6-15(12)16(20)17-7-9-21-11-14(17)10-19/h2,4,6,14,18-19H,7-11H2,1H3. The molecule has 1 aliphatic heterocycles. The predicted molar refractivity (Wildman–Crippen MR) is 77.9 cm³/mol. The molecule has 2 rings (SSSR count). The van der Waals surface area contributed by atoms with Crippen LogP contribution in [0.15, 0.2) is 18.2 Å². The van der Waals surface area contributed by atoms with Crippen LogP contribution in [0.1, 0.15) is 21.5 Å². The van der Waals surface area contributed by atoms with Crippen LogP contribution in [0.25, 0.3) is 0 Å². The number of rotatable bonds is 2. The molecule has 1 saturated heterocycles. The second kappa shape index (κ2) is 7.23. The summed E-state index contributed by atoms with van der Waals surface area (Å²) in [6, 6.07) is 5.04. The lowest BCUT2D eigenvalue weighted by atomic mass is 10.0. The van der Waals surface area contributed by atoms with Crippen LogP contribution in [-0.2, 0) is 4.74 Å². The molecule has 1 amide bonds. The molecule has 1 atom stereocenters. The molecule has 0 spiro atoms. The number of nitrogens with zero attached hydrogens (tertiary/aromatic N) is 1. The number of amides is 1. The summed E-state index contributed by atoms with van der Waals surface area (Å²) in [6.45, 7) is 2.80. The van der Waals surface area contributed by atoms with Crippen molar-refractivity contribution in [2.75, 3.05) is 33.0 Å².